The van der Waals surface area contributed by atoms with Crippen LogP contribution in [0.2, 0.25) is 0 Å². The van der Waals surface area contributed by atoms with Gasteiger partial charge < -0.3 is 9.90 Å². The van der Waals surface area contributed by atoms with Gasteiger partial charge in [0, 0.05) is 11.0 Å². The second-order valence-electron chi connectivity index (χ2n) is 6.34. The molecule has 126 valence electrons. The van der Waals surface area contributed by atoms with Crippen molar-refractivity contribution in [2.45, 2.75) is 30.8 Å². The molecular weight excluding hydrogens is 366 g/mol. The second-order valence-corrected chi connectivity index (χ2v) is 7.25. The minimum Gasteiger partial charge on any atom is -0.394 e. The summed E-state index contributed by atoms with van der Waals surface area (Å²) in [6.07, 6.45) is 2.85. The van der Waals surface area contributed by atoms with Gasteiger partial charge in [-0.1, -0.05) is 58.4 Å². The van der Waals surface area contributed by atoms with Crippen molar-refractivity contribution in [3.8, 4) is 0 Å². The largest absolute Gasteiger partial charge is 0.394 e. The van der Waals surface area contributed by atoms with Gasteiger partial charge in [-0.15, -0.1) is 0 Å². The van der Waals surface area contributed by atoms with Crippen LogP contribution < -0.4 is 0 Å². The van der Waals surface area contributed by atoms with E-state index in [0.717, 1.165) is 35.7 Å². The summed E-state index contributed by atoms with van der Waals surface area (Å²) >= 11 is 3.48. The number of rotatable bonds is 5. The Hall–Kier alpha value is -1.49. The number of benzene rings is 2. The summed E-state index contributed by atoms with van der Waals surface area (Å²) in [6.45, 7) is 0.798. The van der Waals surface area contributed by atoms with Gasteiger partial charge in [-0.2, -0.15) is 0 Å². The molecule has 4 heteroatoms. The lowest BCUT2D eigenvalue weighted by Crippen LogP contribution is -2.46. The SMILES string of the molecule is O=CC1CC[C@@H](c2ccc(Br)cc2)CN1[C@H](CO)c1ccccc1. The van der Waals surface area contributed by atoms with Crippen molar-refractivity contribution in [1.29, 1.82) is 0 Å². The zero-order valence-corrected chi connectivity index (χ0v) is 15.1. The first-order valence-electron chi connectivity index (χ1n) is 8.35. The molecule has 1 fully saturated rings. The summed E-state index contributed by atoms with van der Waals surface area (Å²) < 4.78 is 1.07. The molecule has 1 heterocycles. The number of carbonyl (C=O) groups excluding carboxylic acids is 1. The first-order chi connectivity index (χ1) is 11.7. The Kier molecular flexibility index (Phi) is 5.82. The van der Waals surface area contributed by atoms with Gasteiger partial charge in [0.1, 0.15) is 6.29 Å². The number of aliphatic hydroxyl groups is 1. The van der Waals surface area contributed by atoms with Crippen molar-refractivity contribution >= 4 is 22.2 Å². The topological polar surface area (TPSA) is 40.5 Å². The van der Waals surface area contributed by atoms with E-state index in [9.17, 15) is 9.90 Å². The van der Waals surface area contributed by atoms with Crippen molar-refractivity contribution in [2.24, 2.45) is 0 Å². The Morgan fingerprint density at radius 3 is 2.46 bits per heavy atom. The predicted molar refractivity (Wildman–Crippen MR) is 98.9 cm³/mol. The van der Waals surface area contributed by atoms with Crippen LogP contribution in [0.5, 0.6) is 0 Å². The molecule has 3 rings (SSSR count). The van der Waals surface area contributed by atoms with Crippen molar-refractivity contribution in [3.63, 3.8) is 0 Å². The number of carbonyl (C=O) groups is 1. The van der Waals surface area contributed by atoms with Crippen LogP contribution in [-0.2, 0) is 4.79 Å². The lowest BCUT2D eigenvalue weighted by atomic mass is 9.86. The summed E-state index contributed by atoms with van der Waals surface area (Å²) in [7, 11) is 0. The highest BCUT2D eigenvalue weighted by Crippen LogP contribution is 2.35. The van der Waals surface area contributed by atoms with Gasteiger partial charge in [0.15, 0.2) is 0 Å². The third-order valence-electron chi connectivity index (χ3n) is 4.92. The monoisotopic (exact) mass is 387 g/mol. The van der Waals surface area contributed by atoms with E-state index in [1.54, 1.807) is 0 Å². The molecule has 0 aliphatic carbocycles. The molecule has 0 saturated carbocycles. The molecular formula is C20H22BrNO2. The maximum absolute atomic E-state index is 11.6. The number of hydrogen-bond acceptors (Lipinski definition) is 3. The van der Waals surface area contributed by atoms with Crippen molar-refractivity contribution in [3.05, 3.63) is 70.2 Å². The number of hydrogen-bond donors (Lipinski definition) is 1. The molecule has 0 spiro atoms. The van der Waals surface area contributed by atoms with Crippen LogP contribution in [0.25, 0.3) is 0 Å². The van der Waals surface area contributed by atoms with Crippen LogP contribution in [0.3, 0.4) is 0 Å². The van der Waals surface area contributed by atoms with Gasteiger partial charge in [0.25, 0.3) is 0 Å². The predicted octanol–water partition coefficient (Wildman–Crippen LogP) is 3.93. The third-order valence-corrected chi connectivity index (χ3v) is 5.45. The van der Waals surface area contributed by atoms with Crippen LogP contribution in [0.15, 0.2) is 59.1 Å². The lowest BCUT2D eigenvalue weighted by Gasteiger charge is -2.41. The minimum atomic E-state index is -0.139. The maximum Gasteiger partial charge on any atom is 0.137 e. The zero-order chi connectivity index (χ0) is 16.9. The van der Waals surface area contributed by atoms with E-state index in [4.69, 9.17) is 0 Å². The van der Waals surface area contributed by atoms with E-state index in [-0.39, 0.29) is 18.7 Å². The molecule has 3 atom stereocenters. The molecule has 0 radical (unpaired) electrons. The minimum absolute atomic E-state index is 0.0153. The van der Waals surface area contributed by atoms with Gasteiger partial charge >= 0.3 is 0 Å². The van der Waals surface area contributed by atoms with Crippen LogP contribution in [0, 0.1) is 0 Å². The van der Waals surface area contributed by atoms with Gasteiger partial charge in [-0.3, -0.25) is 4.90 Å². The van der Waals surface area contributed by atoms with E-state index < -0.39 is 0 Å². The summed E-state index contributed by atoms with van der Waals surface area (Å²) in [6, 6.07) is 18.1. The van der Waals surface area contributed by atoms with Crippen LogP contribution in [0.1, 0.15) is 35.9 Å². The molecule has 3 nitrogen and oxygen atoms in total. The Balaban J connectivity index is 1.85. The van der Waals surface area contributed by atoms with Crippen LogP contribution in [-0.4, -0.2) is 35.5 Å². The standard InChI is InChI=1S/C20H22BrNO2/c21-18-9-6-15(7-10-18)17-8-11-19(13-23)22(12-17)20(14-24)16-4-2-1-3-5-16/h1-7,9-10,13,17,19-20,24H,8,11-12,14H2/t17-,19?,20-/m1/s1. The number of aldehydes is 1. The van der Waals surface area contributed by atoms with E-state index in [2.05, 4.69) is 45.1 Å². The van der Waals surface area contributed by atoms with E-state index in [1.165, 1.54) is 5.56 Å². The fourth-order valence-electron chi connectivity index (χ4n) is 3.61. The van der Waals surface area contributed by atoms with Crippen LogP contribution in [0.4, 0.5) is 0 Å². The molecule has 1 saturated heterocycles. The third kappa shape index (κ3) is 3.77. The van der Waals surface area contributed by atoms with Crippen molar-refractivity contribution < 1.29 is 9.90 Å². The van der Waals surface area contributed by atoms with E-state index in [0.29, 0.717) is 5.92 Å². The highest BCUT2D eigenvalue weighted by Gasteiger charge is 2.33. The van der Waals surface area contributed by atoms with E-state index in [1.807, 2.05) is 30.3 Å². The molecule has 2 aromatic rings. The summed E-state index contributed by atoms with van der Waals surface area (Å²) in [5.41, 5.74) is 2.35. The molecule has 1 aliphatic heterocycles. The molecule has 1 unspecified atom stereocenters. The summed E-state index contributed by atoms with van der Waals surface area (Å²) in [4.78, 5) is 13.7. The van der Waals surface area contributed by atoms with Gasteiger partial charge in [0.2, 0.25) is 0 Å². The van der Waals surface area contributed by atoms with Crippen molar-refractivity contribution in [2.75, 3.05) is 13.2 Å². The fourth-order valence-corrected chi connectivity index (χ4v) is 3.87. The number of likely N-dealkylation sites (tertiary alicyclic amines) is 1. The molecule has 1 N–H and O–H groups in total. The highest BCUT2D eigenvalue weighted by molar-refractivity contribution is 9.10. The lowest BCUT2D eigenvalue weighted by molar-refractivity contribution is -0.115. The second kappa shape index (κ2) is 8.06. The van der Waals surface area contributed by atoms with Crippen LogP contribution >= 0.6 is 15.9 Å². The summed E-state index contributed by atoms with van der Waals surface area (Å²) in [5.74, 6) is 0.382. The molecule has 0 aromatic heterocycles. The molecule has 1 aliphatic rings. The normalized spacial score (nSPS) is 22.9. The number of aliphatic hydroxyl groups excluding tert-OH is 1. The van der Waals surface area contributed by atoms with Gasteiger partial charge in [-0.05, 0) is 42.0 Å². The molecule has 0 amide bonds. The Morgan fingerprint density at radius 1 is 1.12 bits per heavy atom. The van der Waals surface area contributed by atoms with E-state index >= 15 is 0 Å². The highest BCUT2D eigenvalue weighted by atomic mass is 79.9. The zero-order valence-electron chi connectivity index (χ0n) is 13.5. The Bertz CT molecular complexity index is 659. The smallest absolute Gasteiger partial charge is 0.137 e. The Labute approximate surface area is 151 Å². The summed E-state index contributed by atoms with van der Waals surface area (Å²) in [5, 5.41) is 9.97. The quantitative estimate of drug-likeness (QED) is 0.790. The molecule has 0 bridgehead atoms. The number of nitrogens with zero attached hydrogens (tertiary/aromatic N) is 1. The number of halogens is 1. The first-order valence-corrected chi connectivity index (χ1v) is 9.14. The Morgan fingerprint density at radius 2 is 1.83 bits per heavy atom. The average molecular weight is 388 g/mol. The number of piperidine rings is 1. The average Bonchev–Trinajstić information content (AvgIpc) is 2.64. The molecule has 2 aromatic carbocycles. The molecule has 24 heavy (non-hydrogen) atoms. The van der Waals surface area contributed by atoms with Crippen molar-refractivity contribution in [1.82, 2.24) is 4.90 Å². The van der Waals surface area contributed by atoms with Gasteiger partial charge in [0.05, 0.1) is 18.7 Å². The fraction of sp³-hybridized carbons (Fsp3) is 0.350. The first kappa shape index (κ1) is 17.3. The maximum atomic E-state index is 11.6. The van der Waals surface area contributed by atoms with Gasteiger partial charge in [-0.25, -0.2) is 0 Å².